The van der Waals surface area contributed by atoms with E-state index in [0.29, 0.717) is 4.68 Å². The quantitative estimate of drug-likeness (QED) is 0.373. The third-order valence-electron chi connectivity index (χ3n) is 5.84. The first-order chi connectivity index (χ1) is 17.6. The molecule has 12 nitrogen and oxygen atoms in total. The zero-order chi connectivity index (χ0) is 28.2. The third kappa shape index (κ3) is 5.24. The molecule has 0 bridgehead atoms. The predicted molar refractivity (Wildman–Crippen MR) is 130 cm³/mol. The third-order valence-corrected chi connectivity index (χ3v) is 8.34. The van der Waals surface area contributed by atoms with Crippen molar-refractivity contribution in [1.29, 1.82) is 0 Å². The first-order valence-electron chi connectivity index (χ1n) is 10.7. The van der Waals surface area contributed by atoms with Crippen LogP contribution in [0, 0.1) is 0 Å². The first-order valence-corrected chi connectivity index (χ1v) is 12.9. The Morgan fingerprint density at radius 2 is 1.84 bits per heavy atom. The van der Waals surface area contributed by atoms with Gasteiger partial charge >= 0.3 is 5.69 Å². The number of nitrogens with zero attached hydrogens (tertiary/aromatic N) is 4. The molecule has 4 rings (SSSR count). The highest BCUT2D eigenvalue weighted by Gasteiger charge is 2.44. The molecular formula is C21H19Cl2F2N5O7S. The number of aromatic hydroxyl groups is 1. The molecule has 2 aromatic heterocycles. The van der Waals surface area contributed by atoms with Crippen LogP contribution in [-0.2, 0) is 10.0 Å². The van der Waals surface area contributed by atoms with E-state index in [1.807, 2.05) is 0 Å². The second-order valence-electron chi connectivity index (χ2n) is 8.77. The summed E-state index contributed by atoms with van der Waals surface area (Å²) in [4.78, 5) is 28.7. The Labute approximate surface area is 223 Å². The minimum Gasteiger partial charge on any atom is -0.505 e. The Hall–Kier alpha value is -3.11. The number of aliphatic hydroxyl groups is 1. The number of rotatable bonds is 7. The van der Waals surface area contributed by atoms with Crippen LogP contribution in [0.5, 0.6) is 17.4 Å². The molecule has 0 radical (unpaired) electrons. The van der Waals surface area contributed by atoms with Crippen LogP contribution in [-0.4, -0.2) is 61.4 Å². The summed E-state index contributed by atoms with van der Waals surface area (Å²) in [6, 6.07) is 2.62. The lowest BCUT2D eigenvalue weighted by molar-refractivity contribution is -0.0548. The summed E-state index contributed by atoms with van der Waals surface area (Å²) in [6.45, 7) is 1.58. The number of H-pyrrole nitrogens is 1. The van der Waals surface area contributed by atoms with Gasteiger partial charge in [-0.15, -0.1) is 0 Å². The van der Waals surface area contributed by atoms with Crippen LogP contribution < -0.4 is 16.0 Å². The summed E-state index contributed by atoms with van der Waals surface area (Å²) in [7, 11) is -2.91. The van der Waals surface area contributed by atoms with Crippen molar-refractivity contribution in [2.75, 3.05) is 7.05 Å². The molecule has 0 amide bonds. The monoisotopic (exact) mass is 593 g/mol. The molecule has 0 saturated heterocycles. The molecule has 2 heterocycles. The molecule has 1 aromatic carbocycles. The standard InChI is InChI=1S/C21H19Cl2F2N5O7S/c1-21(34)6-10(7-21)29(2)38(35,36)14-5-15(26-8-13(14)31)37-17-11(22)3-9(4-12(17)23)30-20(33)27-19(32)16(28-30)18(24)25/h3-5,8,10,18,31,34H,6-7H2,1-2H3,(H,27,32,33). The molecule has 17 heteroatoms. The van der Waals surface area contributed by atoms with Gasteiger partial charge in [0.25, 0.3) is 12.0 Å². The number of sulfonamides is 1. The summed E-state index contributed by atoms with van der Waals surface area (Å²) in [5, 5.41) is 23.0. The van der Waals surface area contributed by atoms with E-state index in [0.717, 1.165) is 28.7 Å². The molecular weight excluding hydrogens is 575 g/mol. The highest BCUT2D eigenvalue weighted by atomic mass is 35.5. The Morgan fingerprint density at radius 1 is 1.24 bits per heavy atom. The number of benzene rings is 1. The van der Waals surface area contributed by atoms with Crippen LogP contribution in [0.4, 0.5) is 8.78 Å². The molecule has 1 aliphatic rings. The predicted octanol–water partition coefficient (Wildman–Crippen LogP) is 2.59. The fourth-order valence-corrected chi connectivity index (χ4v) is 5.81. The zero-order valence-corrected chi connectivity index (χ0v) is 21.9. The van der Waals surface area contributed by atoms with E-state index in [1.165, 1.54) is 7.05 Å². The zero-order valence-electron chi connectivity index (χ0n) is 19.5. The van der Waals surface area contributed by atoms with Gasteiger partial charge in [0.15, 0.2) is 17.2 Å². The van der Waals surface area contributed by atoms with Crippen molar-refractivity contribution in [3.05, 3.63) is 61.0 Å². The van der Waals surface area contributed by atoms with Gasteiger partial charge in [-0.25, -0.2) is 27.0 Å². The van der Waals surface area contributed by atoms with Gasteiger partial charge in [-0.1, -0.05) is 23.2 Å². The maximum atomic E-state index is 13.1. The molecule has 38 heavy (non-hydrogen) atoms. The number of hydrogen-bond donors (Lipinski definition) is 3. The number of alkyl halides is 2. The maximum absolute atomic E-state index is 13.1. The van der Waals surface area contributed by atoms with Gasteiger partial charge in [-0.2, -0.15) is 14.1 Å². The van der Waals surface area contributed by atoms with Crippen molar-refractivity contribution in [1.82, 2.24) is 24.1 Å². The van der Waals surface area contributed by atoms with Gasteiger partial charge < -0.3 is 14.9 Å². The molecule has 0 aliphatic heterocycles. The van der Waals surface area contributed by atoms with Crippen LogP contribution in [0.2, 0.25) is 10.0 Å². The van der Waals surface area contributed by atoms with Crippen LogP contribution in [0.1, 0.15) is 31.9 Å². The fraction of sp³-hybridized carbons (Fsp3) is 0.333. The van der Waals surface area contributed by atoms with E-state index in [1.54, 1.807) is 11.9 Å². The molecule has 3 aromatic rings. The van der Waals surface area contributed by atoms with E-state index in [2.05, 4.69) is 10.1 Å². The number of nitrogens with one attached hydrogen (secondary N) is 1. The largest absolute Gasteiger partial charge is 0.505 e. The topological polar surface area (TPSA) is 168 Å². The summed E-state index contributed by atoms with van der Waals surface area (Å²) in [5.41, 5.74) is -4.85. The highest BCUT2D eigenvalue weighted by molar-refractivity contribution is 7.89. The van der Waals surface area contributed by atoms with E-state index >= 15 is 0 Å². The Bertz CT molecular complexity index is 1610. The minimum atomic E-state index is -4.23. The van der Waals surface area contributed by atoms with E-state index in [4.69, 9.17) is 27.9 Å². The second-order valence-corrected chi connectivity index (χ2v) is 11.5. The van der Waals surface area contributed by atoms with Gasteiger partial charge in [0.05, 0.1) is 27.5 Å². The van der Waals surface area contributed by atoms with Crippen molar-refractivity contribution in [3.63, 3.8) is 0 Å². The molecule has 1 aliphatic carbocycles. The van der Waals surface area contributed by atoms with E-state index in [9.17, 15) is 37.0 Å². The lowest BCUT2D eigenvalue weighted by Crippen LogP contribution is -2.53. The van der Waals surface area contributed by atoms with Crippen molar-refractivity contribution < 1.29 is 32.1 Å². The fourth-order valence-electron chi connectivity index (χ4n) is 3.84. The smallest absolute Gasteiger partial charge is 0.349 e. The van der Waals surface area contributed by atoms with Crippen molar-refractivity contribution in [3.8, 4) is 23.1 Å². The number of aromatic nitrogens is 4. The van der Waals surface area contributed by atoms with Gasteiger partial charge in [-0.3, -0.25) is 9.78 Å². The Balaban J connectivity index is 1.66. The average molecular weight is 594 g/mol. The van der Waals surface area contributed by atoms with Crippen LogP contribution in [0.15, 0.2) is 38.9 Å². The number of halogens is 4. The normalized spacial score (nSPS) is 19.6. The van der Waals surface area contributed by atoms with Crippen molar-refractivity contribution in [2.45, 2.75) is 42.7 Å². The lowest BCUT2D eigenvalue weighted by Gasteiger charge is -2.44. The summed E-state index contributed by atoms with van der Waals surface area (Å²) >= 11 is 12.5. The second kappa shape index (κ2) is 9.89. The lowest BCUT2D eigenvalue weighted by atomic mass is 9.77. The minimum absolute atomic E-state index is 0.185. The molecule has 0 atom stereocenters. The van der Waals surface area contributed by atoms with Crippen LogP contribution in [0.25, 0.3) is 5.69 Å². The van der Waals surface area contributed by atoms with Crippen molar-refractivity contribution >= 4 is 33.2 Å². The van der Waals surface area contributed by atoms with Crippen LogP contribution in [0.3, 0.4) is 0 Å². The molecule has 0 spiro atoms. The van der Waals surface area contributed by atoms with E-state index in [-0.39, 0.29) is 40.2 Å². The Kier molecular flexibility index (Phi) is 7.26. The van der Waals surface area contributed by atoms with Gasteiger partial charge in [0, 0.05) is 19.2 Å². The van der Waals surface area contributed by atoms with Gasteiger partial charge in [0.2, 0.25) is 15.9 Å². The Morgan fingerprint density at radius 3 is 2.39 bits per heavy atom. The number of pyridine rings is 1. The molecule has 204 valence electrons. The first kappa shape index (κ1) is 27.9. The van der Waals surface area contributed by atoms with E-state index < -0.39 is 55.7 Å². The van der Waals surface area contributed by atoms with Crippen molar-refractivity contribution in [2.24, 2.45) is 0 Å². The molecule has 0 unspecified atom stereocenters. The molecule has 1 saturated carbocycles. The molecule has 3 N–H and O–H groups in total. The highest BCUT2D eigenvalue weighted by Crippen LogP contribution is 2.41. The number of ether oxygens (including phenoxy) is 1. The van der Waals surface area contributed by atoms with Gasteiger partial charge in [0.1, 0.15) is 4.90 Å². The SMILES string of the molecule is CN(C1CC(C)(O)C1)S(=O)(=O)c1cc(Oc2c(Cl)cc(-n3nc(C(F)F)c(=O)[nH]c3=O)cc2Cl)ncc1O. The van der Waals surface area contributed by atoms with Gasteiger partial charge in [-0.05, 0) is 31.9 Å². The average Bonchev–Trinajstić information content (AvgIpc) is 2.79. The summed E-state index contributed by atoms with van der Waals surface area (Å²) in [5.74, 6) is -1.22. The van der Waals surface area contributed by atoms with Crippen LogP contribution >= 0.6 is 23.2 Å². The molecule has 1 fully saturated rings. The number of aromatic amines is 1. The maximum Gasteiger partial charge on any atom is 0.349 e. The summed E-state index contributed by atoms with van der Waals surface area (Å²) < 4.78 is 59.4. The summed E-state index contributed by atoms with van der Waals surface area (Å²) in [6.07, 6.45) is -2.00. The number of hydrogen-bond acceptors (Lipinski definition) is 9.